The fourth-order valence-corrected chi connectivity index (χ4v) is 3.77. The van der Waals surface area contributed by atoms with Crippen molar-refractivity contribution in [3.8, 4) is 11.5 Å². The molecular formula is C28H34N2O2S. The number of hydrogen-bond donors (Lipinski definition) is 1. The lowest BCUT2D eigenvalue weighted by molar-refractivity contribution is 0.342. The fourth-order valence-electron chi connectivity index (χ4n) is 3.53. The van der Waals surface area contributed by atoms with Gasteiger partial charge >= 0.3 is 0 Å². The van der Waals surface area contributed by atoms with Crippen molar-refractivity contribution < 1.29 is 9.47 Å². The van der Waals surface area contributed by atoms with Gasteiger partial charge in [0.25, 0.3) is 0 Å². The van der Waals surface area contributed by atoms with Crippen LogP contribution in [0.25, 0.3) is 0 Å². The van der Waals surface area contributed by atoms with Gasteiger partial charge in [0.05, 0.1) is 19.4 Å². The molecule has 0 saturated heterocycles. The number of anilines is 1. The minimum Gasteiger partial charge on any atom is -0.497 e. The summed E-state index contributed by atoms with van der Waals surface area (Å²) in [5, 5.41) is 4.05. The molecule has 0 atom stereocenters. The normalized spacial score (nSPS) is 11.1. The van der Waals surface area contributed by atoms with E-state index in [0.717, 1.165) is 22.7 Å². The van der Waals surface area contributed by atoms with E-state index in [1.807, 2.05) is 43.3 Å². The molecule has 0 unspecified atom stereocenters. The van der Waals surface area contributed by atoms with E-state index in [1.165, 1.54) is 11.1 Å². The standard InChI is InChI=1S/C28H34N2O2S/c1-6-32-26-10-8-7-9-25(26)29-27(33)30(20-22-13-17-24(31-5)18-14-22)19-21-11-15-23(16-12-21)28(2,3)4/h7-18H,6,19-20H2,1-5H3,(H,29,33). The maximum atomic E-state index is 5.87. The van der Waals surface area contributed by atoms with Gasteiger partial charge in [-0.25, -0.2) is 0 Å². The van der Waals surface area contributed by atoms with Crippen molar-refractivity contribution in [2.45, 2.75) is 46.2 Å². The zero-order valence-corrected chi connectivity index (χ0v) is 21.0. The number of benzene rings is 3. The third kappa shape index (κ3) is 6.96. The molecule has 0 aliphatic carbocycles. The lowest BCUT2D eigenvalue weighted by Gasteiger charge is -2.27. The number of thiocarbonyl (C=S) groups is 1. The number of hydrogen-bond acceptors (Lipinski definition) is 3. The smallest absolute Gasteiger partial charge is 0.174 e. The minimum absolute atomic E-state index is 0.126. The van der Waals surface area contributed by atoms with Gasteiger partial charge in [0.1, 0.15) is 11.5 Å². The molecule has 4 nitrogen and oxygen atoms in total. The van der Waals surface area contributed by atoms with E-state index in [9.17, 15) is 0 Å². The first kappa shape index (κ1) is 24.6. The molecule has 0 heterocycles. The van der Waals surface area contributed by atoms with Gasteiger partial charge in [0.2, 0.25) is 0 Å². The van der Waals surface area contributed by atoms with Crippen molar-refractivity contribution in [3.63, 3.8) is 0 Å². The highest BCUT2D eigenvalue weighted by Gasteiger charge is 2.16. The van der Waals surface area contributed by atoms with Gasteiger partial charge in [-0.1, -0.05) is 69.3 Å². The molecule has 0 bridgehead atoms. The van der Waals surface area contributed by atoms with Crippen molar-refractivity contribution in [3.05, 3.63) is 89.5 Å². The predicted molar refractivity (Wildman–Crippen MR) is 141 cm³/mol. The quantitative estimate of drug-likeness (QED) is 0.373. The predicted octanol–water partition coefficient (Wildman–Crippen LogP) is 6.79. The van der Waals surface area contributed by atoms with Gasteiger partial charge < -0.3 is 19.7 Å². The van der Waals surface area contributed by atoms with Crippen molar-refractivity contribution in [1.29, 1.82) is 0 Å². The Bertz CT molecular complexity index is 1040. The Hall–Kier alpha value is -3.05. The maximum Gasteiger partial charge on any atom is 0.174 e. The number of ether oxygens (including phenoxy) is 2. The molecular weight excluding hydrogens is 428 g/mol. The second-order valence-corrected chi connectivity index (χ2v) is 9.40. The van der Waals surface area contributed by atoms with Crippen LogP contribution in [-0.2, 0) is 18.5 Å². The van der Waals surface area contributed by atoms with Crippen LogP contribution in [0.1, 0.15) is 44.4 Å². The van der Waals surface area contributed by atoms with E-state index in [4.69, 9.17) is 21.7 Å². The lowest BCUT2D eigenvalue weighted by Crippen LogP contribution is -2.34. The lowest BCUT2D eigenvalue weighted by atomic mass is 9.87. The van der Waals surface area contributed by atoms with Crippen molar-refractivity contribution in [2.24, 2.45) is 0 Å². The Morgan fingerprint density at radius 3 is 2.00 bits per heavy atom. The number of methoxy groups -OCH3 is 1. The van der Waals surface area contributed by atoms with Crippen molar-refractivity contribution in [1.82, 2.24) is 4.90 Å². The molecule has 33 heavy (non-hydrogen) atoms. The molecule has 5 heteroatoms. The van der Waals surface area contributed by atoms with Crippen LogP contribution in [0.5, 0.6) is 11.5 Å². The molecule has 3 aromatic rings. The Morgan fingerprint density at radius 2 is 1.45 bits per heavy atom. The monoisotopic (exact) mass is 462 g/mol. The molecule has 3 aromatic carbocycles. The zero-order valence-electron chi connectivity index (χ0n) is 20.2. The maximum absolute atomic E-state index is 5.87. The molecule has 174 valence electrons. The van der Waals surface area contributed by atoms with E-state index < -0.39 is 0 Å². The van der Waals surface area contributed by atoms with Gasteiger partial charge in [-0.15, -0.1) is 0 Å². The molecule has 0 radical (unpaired) electrons. The first-order valence-electron chi connectivity index (χ1n) is 11.3. The summed E-state index contributed by atoms with van der Waals surface area (Å²) in [4.78, 5) is 2.17. The topological polar surface area (TPSA) is 33.7 Å². The van der Waals surface area contributed by atoms with Crippen LogP contribution < -0.4 is 14.8 Å². The molecule has 3 rings (SSSR count). The molecule has 0 fully saturated rings. The Balaban J connectivity index is 1.83. The van der Waals surface area contributed by atoms with E-state index >= 15 is 0 Å². The van der Waals surface area contributed by atoms with Crippen LogP contribution in [0, 0.1) is 0 Å². The van der Waals surface area contributed by atoms with Gasteiger partial charge in [-0.05, 0) is 65.5 Å². The summed E-state index contributed by atoms with van der Waals surface area (Å²) in [7, 11) is 1.68. The fraction of sp³-hybridized carbons (Fsp3) is 0.321. The van der Waals surface area contributed by atoms with Crippen LogP contribution in [0.2, 0.25) is 0 Å². The first-order valence-corrected chi connectivity index (χ1v) is 11.7. The summed E-state index contributed by atoms with van der Waals surface area (Å²) >= 11 is 5.87. The highest BCUT2D eigenvalue weighted by Crippen LogP contribution is 2.26. The molecule has 0 saturated carbocycles. The first-order chi connectivity index (χ1) is 15.8. The molecule has 0 spiro atoms. The van der Waals surface area contributed by atoms with Crippen LogP contribution in [0.4, 0.5) is 5.69 Å². The summed E-state index contributed by atoms with van der Waals surface area (Å²) in [6.45, 7) is 10.6. The Kier molecular flexibility index (Phi) is 8.34. The number of nitrogens with zero attached hydrogens (tertiary/aromatic N) is 1. The van der Waals surface area contributed by atoms with E-state index in [0.29, 0.717) is 24.8 Å². The highest BCUT2D eigenvalue weighted by atomic mass is 32.1. The average Bonchev–Trinajstić information content (AvgIpc) is 2.80. The SMILES string of the molecule is CCOc1ccccc1NC(=S)N(Cc1ccc(OC)cc1)Cc1ccc(C(C)(C)C)cc1. The van der Waals surface area contributed by atoms with E-state index in [2.05, 4.69) is 67.4 Å². The van der Waals surface area contributed by atoms with Gasteiger partial charge in [-0.3, -0.25) is 0 Å². The number of para-hydroxylation sites is 2. The summed E-state index contributed by atoms with van der Waals surface area (Å²) in [5.74, 6) is 1.63. The average molecular weight is 463 g/mol. The van der Waals surface area contributed by atoms with Gasteiger partial charge in [0.15, 0.2) is 5.11 Å². The highest BCUT2D eigenvalue weighted by molar-refractivity contribution is 7.80. The third-order valence-corrected chi connectivity index (χ3v) is 5.80. The summed E-state index contributed by atoms with van der Waals surface area (Å²) in [6, 6.07) is 24.8. The molecule has 0 aliphatic heterocycles. The van der Waals surface area contributed by atoms with Crippen LogP contribution in [-0.4, -0.2) is 23.7 Å². The summed E-state index contributed by atoms with van der Waals surface area (Å²) in [6.07, 6.45) is 0. The molecule has 0 amide bonds. The van der Waals surface area contributed by atoms with E-state index in [1.54, 1.807) is 7.11 Å². The van der Waals surface area contributed by atoms with Crippen LogP contribution >= 0.6 is 12.2 Å². The molecule has 0 aromatic heterocycles. The van der Waals surface area contributed by atoms with Crippen LogP contribution in [0.15, 0.2) is 72.8 Å². The summed E-state index contributed by atoms with van der Waals surface area (Å²) in [5.41, 5.74) is 4.68. The summed E-state index contributed by atoms with van der Waals surface area (Å²) < 4.78 is 11.1. The third-order valence-electron chi connectivity index (χ3n) is 5.44. The van der Waals surface area contributed by atoms with Gasteiger partial charge in [0, 0.05) is 13.1 Å². The second kappa shape index (κ2) is 11.2. The minimum atomic E-state index is 0.126. The second-order valence-electron chi connectivity index (χ2n) is 9.01. The van der Waals surface area contributed by atoms with E-state index in [-0.39, 0.29) is 5.41 Å². The number of nitrogens with one attached hydrogen (secondary N) is 1. The Labute approximate surface area is 203 Å². The largest absolute Gasteiger partial charge is 0.497 e. The zero-order chi connectivity index (χ0) is 23.8. The molecule has 0 aliphatic rings. The molecule has 1 N–H and O–H groups in total. The van der Waals surface area contributed by atoms with Gasteiger partial charge in [-0.2, -0.15) is 0 Å². The van der Waals surface area contributed by atoms with Crippen molar-refractivity contribution >= 4 is 23.0 Å². The van der Waals surface area contributed by atoms with Crippen molar-refractivity contribution in [2.75, 3.05) is 19.0 Å². The van der Waals surface area contributed by atoms with Crippen LogP contribution in [0.3, 0.4) is 0 Å². The Morgan fingerprint density at radius 1 is 0.879 bits per heavy atom. The number of rotatable bonds is 8.